The molecule has 0 saturated heterocycles. The van der Waals surface area contributed by atoms with Crippen LogP contribution in [0.5, 0.6) is 0 Å². The first-order chi connectivity index (χ1) is 8.84. The summed E-state index contributed by atoms with van der Waals surface area (Å²) in [5, 5.41) is 0. The molecular weight excluding hydrogens is 302 g/mol. The van der Waals surface area contributed by atoms with Gasteiger partial charge >= 0.3 is 0 Å². The van der Waals surface area contributed by atoms with Crippen LogP contribution in [0.2, 0.25) is 19.6 Å². The molecule has 112 valence electrons. The Morgan fingerprint density at radius 1 is 0.850 bits per heavy atom. The summed E-state index contributed by atoms with van der Waals surface area (Å²) in [5.41, 5.74) is 1.61. The molecule has 2 saturated carbocycles. The molecule has 0 aliphatic heterocycles. The summed E-state index contributed by atoms with van der Waals surface area (Å²) in [5.74, 6) is 1.52. The van der Waals surface area contributed by atoms with Crippen molar-refractivity contribution in [3.8, 4) is 0 Å². The first-order valence-electron chi connectivity index (χ1n) is 6.93. The fourth-order valence-corrected chi connectivity index (χ4v) is 3.83. The smallest absolute Gasteiger partial charge is 0.0521 e. The van der Waals surface area contributed by atoms with Gasteiger partial charge in [-0.1, -0.05) is 19.6 Å². The second-order valence-electron chi connectivity index (χ2n) is 6.25. The Morgan fingerprint density at radius 3 is 1.65 bits per heavy atom. The van der Waals surface area contributed by atoms with E-state index in [1.165, 1.54) is 5.92 Å². The molecule has 1 nitrogen and oxygen atoms in total. The quantitative estimate of drug-likeness (QED) is 0.715. The number of hydrogen-bond donors (Lipinski definition) is 0. The van der Waals surface area contributed by atoms with Gasteiger partial charge in [-0.25, -0.2) is 0 Å². The average Bonchev–Trinajstić information content (AvgIpc) is 3.01. The minimum Gasteiger partial charge on any atom is -0.306 e. The van der Waals surface area contributed by atoms with E-state index in [0.717, 1.165) is 0 Å². The van der Waals surface area contributed by atoms with Crippen LogP contribution < -0.4 is 0 Å². The van der Waals surface area contributed by atoms with Crippen molar-refractivity contribution in [2.45, 2.75) is 32.6 Å². The Labute approximate surface area is 139 Å². The molecule has 10 radical (unpaired) electrons. The summed E-state index contributed by atoms with van der Waals surface area (Å²) in [6.07, 6.45) is 16.8. The molecule has 0 unspecified atom stereocenters. The van der Waals surface area contributed by atoms with Crippen molar-refractivity contribution in [1.29, 1.82) is 0 Å². The van der Waals surface area contributed by atoms with Crippen molar-refractivity contribution in [1.82, 2.24) is 4.90 Å². The summed E-state index contributed by atoms with van der Waals surface area (Å²) in [7, 11) is 3.13. The third kappa shape index (κ3) is 6.64. The molecule has 20 heavy (non-hydrogen) atoms. The zero-order valence-corrected chi connectivity index (χ0v) is 15.6. The topological polar surface area (TPSA) is 3.24 Å². The molecule has 0 aromatic heterocycles. The Balaban J connectivity index is 0.000000507. The third-order valence-corrected chi connectivity index (χ3v) is 5.51. The van der Waals surface area contributed by atoms with Crippen LogP contribution in [0.3, 0.4) is 0 Å². The fraction of sp³-hybridized carbons (Fsp3) is 0.412. The molecule has 2 rings (SSSR count). The van der Waals surface area contributed by atoms with Crippen LogP contribution in [-0.2, 0) is 17.1 Å². The number of hydrogen-bond acceptors (Lipinski definition) is 1. The summed E-state index contributed by atoms with van der Waals surface area (Å²) in [6.45, 7) is 9.51. The standard InChI is InChI=1S/C12H22NSi.C5H5.Fe/c1-10(13(2)3)11-8-7-9-12(11)14(4,5)6;1-2-4-5-3-1;/h7-10H,1-6H3;1-5H;/t10-;;/m1../s1. The van der Waals surface area contributed by atoms with Gasteiger partial charge in [-0.3, -0.25) is 0 Å². The minimum absolute atomic E-state index is 0. The van der Waals surface area contributed by atoms with Gasteiger partial charge in [0.05, 0.1) is 8.07 Å². The van der Waals surface area contributed by atoms with Gasteiger partial charge in [0.25, 0.3) is 0 Å². The van der Waals surface area contributed by atoms with Gasteiger partial charge in [-0.15, -0.1) is 0 Å². The van der Waals surface area contributed by atoms with E-state index in [4.69, 9.17) is 0 Å². The van der Waals surface area contributed by atoms with E-state index in [-0.39, 0.29) is 17.1 Å². The first kappa shape index (κ1) is 20.7. The van der Waals surface area contributed by atoms with Crippen LogP contribution >= 0.6 is 0 Å². The van der Waals surface area contributed by atoms with Crippen molar-refractivity contribution < 1.29 is 17.1 Å². The molecule has 0 aromatic rings. The molecule has 2 aliphatic rings. The van der Waals surface area contributed by atoms with Crippen molar-refractivity contribution in [2.75, 3.05) is 14.1 Å². The summed E-state index contributed by atoms with van der Waals surface area (Å²) in [4.78, 5) is 2.28. The van der Waals surface area contributed by atoms with Crippen LogP contribution in [-0.4, -0.2) is 33.1 Å². The van der Waals surface area contributed by atoms with Gasteiger partial charge in [0.1, 0.15) is 0 Å². The van der Waals surface area contributed by atoms with E-state index in [0.29, 0.717) is 6.04 Å². The third-order valence-electron chi connectivity index (χ3n) is 3.44. The number of nitrogens with zero attached hydrogens (tertiary/aromatic N) is 1. The summed E-state index contributed by atoms with van der Waals surface area (Å²) >= 11 is 0. The van der Waals surface area contributed by atoms with Crippen molar-refractivity contribution >= 4 is 8.07 Å². The Kier molecular flexibility index (Phi) is 10.00. The van der Waals surface area contributed by atoms with Crippen LogP contribution in [0.4, 0.5) is 0 Å². The van der Waals surface area contributed by atoms with Crippen molar-refractivity contribution in [3.63, 3.8) is 0 Å². The maximum Gasteiger partial charge on any atom is 0.0521 e. The van der Waals surface area contributed by atoms with E-state index >= 15 is 0 Å². The van der Waals surface area contributed by atoms with Gasteiger partial charge in [0.2, 0.25) is 0 Å². The first-order valence-corrected chi connectivity index (χ1v) is 10.4. The molecular formula is C17H27FeNSi. The summed E-state index contributed by atoms with van der Waals surface area (Å²) in [6, 6.07) is 0.534. The maximum absolute atomic E-state index is 2.41. The molecule has 2 fully saturated rings. The molecule has 0 amide bonds. The molecule has 0 spiro atoms. The Morgan fingerprint density at radius 2 is 1.30 bits per heavy atom. The fourth-order valence-electron chi connectivity index (χ4n) is 2.08. The Bertz CT molecular complexity index is 238. The second kappa shape index (κ2) is 9.66. The van der Waals surface area contributed by atoms with E-state index < -0.39 is 8.07 Å². The zero-order chi connectivity index (χ0) is 14.5. The Hall–Kier alpha value is 0.696. The van der Waals surface area contributed by atoms with Crippen molar-refractivity contribution in [3.05, 3.63) is 62.8 Å². The summed E-state index contributed by atoms with van der Waals surface area (Å²) < 4.78 is 0. The number of rotatable bonds is 3. The average molecular weight is 329 g/mol. The minimum atomic E-state index is -1.16. The van der Waals surface area contributed by atoms with E-state index in [2.05, 4.69) is 64.8 Å². The van der Waals surface area contributed by atoms with Crippen LogP contribution in [0.25, 0.3) is 0 Å². The van der Waals surface area contributed by atoms with E-state index in [9.17, 15) is 0 Å². The van der Waals surface area contributed by atoms with E-state index in [1.54, 1.807) is 5.54 Å². The normalized spacial score (nSPS) is 22.4. The zero-order valence-electron chi connectivity index (χ0n) is 13.5. The van der Waals surface area contributed by atoms with Crippen LogP contribution in [0, 0.1) is 62.8 Å². The van der Waals surface area contributed by atoms with Gasteiger partial charge < -0.3 is 4.90 Å². The van der Waals surface area contributed by atoms with Gasteiger partial charge in [0, 0.05) is 29.0 Å². The largest absolute Gasteiger partial charge is 0.306 e. The molecule has 3 heteroatoms. The second-order valence-corrected chi connectivity index (χ2v) is 11.3. The monoisotopic (exact) mass is 329 g/mol. The van der Waals surface area contributed by atoms with Crippen LogP contribution in [0.1, 0.15) is 6.92 Å². The molecule has 1 atom stereocenters. The predicted molar refractivity (Wildman–Crippen MR) is 87.4 cm³/mol. The van der Waals surface area contributed by atoms with Gasteiger partial charge in [-0.05, 0) is 77.9 Å². The molecule has 0 N–H and O–H groups in total. The van der Waals surface area contributed by atoms with Gasteiger partial charge in [-0.2, -0.15) is 0 Å². The maximum atomic E-state index is 2.41. The van der Waals surface area contributed by atoms with Crippen LogP contribution in [0.15, 0.2) is 0 Å². The van der Waals surface area contributed by atoms with Gasteiger partial charge in [0.15, 0.2) is 0 Å². The molecule has 2 aliphatic carbocycles. The molecule has 0 aromatic carbocycles. The van der Waals surface area contributed by atoms with Crippen molar-refractivity contribution in [2.24, 2.45) is 0 Å². The molecule has 0 bridgehead atoms. The van der Waals surface area contributed by atoms with E-state index in [1.807, 2.05) is 32.1 Å². The SMILES string of the molecule is C[C@H]([C]1[CH][CH][CH][C]1[Si](C)(C)C)N(C)C.[CH]1[CH][CH][CH][CH]1.[Fe]. The predicted octanol–water partition coefficient (Wildman–Crippen LogP) is 3.61. The molecule has 0 heterocycles.